The predicted molar refractivity (Wildman–Crippen MR) is 62.4 cm³/mol. The molecule has 2 aliphatic rings. The summed E-state index contributed by atoms with van der Waals surface area (Å²) in [6.07, 6.45) is 5.86. The second-order valence-corrected chi connectivity index (χ2v) is 5.26. The number of piperidine rings is 1. The van der Waals surface area contributed by atoms with E-state index in [0.29, 0.717) is 11.5 Å². The molecule has 0 bridgehead atoms. The molecule has 2 saturated heterocycles. The molecule has 0 aromatic heterocycles. The topological polar surface area (TPSA) is 21.3 Å². The third-order valence-corrected chi connectivity index (χ3v) is 4.44. The molecule has 0 radical (unpaired) electrons. The van der Waals surface area contributed by atoms with E-state index >= 15 is 0 Å². The van der Waals surface area contributed by atoms with Gasteiger partial charge in [-0.3, -0.25) is 0 Å². The highest BCUT2D eigenvalue weighted by molar-refractivity contribution is 14.1. The van der Waals surface area contributed by atoms with Crippen LogP contribution in [0.1, 0.15) is 25.7 Å². The third-order valence-electron chi connectivity index (χ3n) is 3.46. The van der Waals surface area contributed by atoms with E-state index in [1.165, 1.54) is 38.8 Å². The summed E-state index contributed by atoms with van der Waals surface area (Å²) in [5.74, 6) is 0. The molecular formula is C10H18INO. The van der Waals surface area contributed by atoms with Crippen LogP contribution in [0.3, 0.4) is 0 Å². The molecule has 1 unspecified atom stereocenters. The van der Waals surface area contributed by atoms with Crippen molar-refractivity contribution in [3.63, 3.8) is 0 Å². The molecule has 13 heavy (non-hydrogen) atoms. The van der Waals surface area contributed by atoms with Gasteiger partial charge in [-0.15, -0.1) is 0 Å². The highest BCUT2D eigenvalue weighted by Gasteiger charge is 2.36. The minimum atomic E-state index is 0.543. The Morgan fingerprint density at radius 1 is 1.31 bits per heavy atom. The van der Waals surface area contributed by atoms with Gasteiger partial charge < -0.3 is 10.1 Å². The van der Waals surface area contributed by atoms with E-state index in [9.17, 15) is 0 Å². The minimum absolute atomic E-state index is 0.543. The average molecular weight is 295 g/mol. The van der Waals surface area contributed by atoms with E-state index in [0.717, 1.165) is 11.0 Å². The standard InChI is InChI=1S/C10H18INO/c11-7-9-1-2-10(8-13-9)3-5-12-6-4-10/h9,12H,1-8H2. The van der Waals surface area contributed by atoms with Crippen LogP contribution in [0.15, 0.2) is 0 Å². The predicted octanol–water partition coefficient (Wildman–Crippen LogP) is 1.97. The van der Waals surface area contributed by atoms with Gasteiger partial charge in [-0.2, -0.15) is 0 Å². The summed E-state index contributed by atoms with van der Waals surface area (Å²) in [5.41, 5.74) is 0.549. The molecule has 2 rings (SSSR count). The van der Waals surface area contributed by atoms with Crippen LogP contribution in [-0.2, 0) is 4.74 Å². The Labute approximate surface area is 93.9 Å². The largest absolute Gasteiger partial charge is 0.377 e. The molecule has 1 N–H and O–H groups in total. The van der Waals surface area contributed by atoms with Crippen LogP contribution < -0.4 is 5.32 Å². The summed E-state index contributed by atoms with van der Waals surface area (Å²) in [6, 6.07) is 0. The number of ether oxygens (including phenoxy) is 1. The maximum atomic E-state index is 5.89. The Kier molecular flexibility index (Phi) is 3.48. The number of rotatable bonds is 1. The van der Waals surface area contributed by atoms with E-state index in [-0.39, 0.29) is 0 Å². The number of nitrogens with one attached hydrogen (secondary N) is 1. The molecule has 0 aliphatic carbocycles. The fourth-order valence-corrected chi connectivity index (χ4v) is 3.09. The first-order chi connectivity index (χ1) is 6.35. The van der Waals surface area contributed by atoms with Crippen molar-refractivity contribution in [2.45, 2.75) is 31.8 Å². The highest BCUT2D eigenvalue weighted by Crippen LogP contribution is 2.38. The van der Waals surface area contributed by atoms with Crippen LogP contribution in [0.25, 0.3) is 0 Å². The van der Waals surface area contributed by atoms with Crippen molar-refractivity contribution in [1.29, 1.82) is 0 Å². The first kappa shape index (κ1) is 10.2. The van der Waals surface area contributed by atoms with Gasteiger partial charge in [-0.25, -0.2) is 0 Å². The van der Waals surface area contributed by atoms with Crippen LogP contribution in [0.2, 0.25) is 0 Å². The van der Waals surface area contributed by atoms with Gasteiger partial charge in [0.05, 0.1) is 12.7 Å². The van der Waals surface area contributed by atoms with E-state index in [4.69, 9.17) is 4.74 Å². The van der Waals surface area contributed by atoms with Gasteiger partial charge >= 0.3 is 0 Å². The first-order valence-electron chi connectivity index (χ1n) is 5.23. The van der Waals surface area contributed by atoms with Gasteiger partial charge in [0.2, 0.25) is 0 Å². The van der Waals surface area contributed by atoms with Gasteiger partial charge in [0.1, 0.15) is 0 Å². The molecule has 2 fully saturated rings. The molecule has 76 valence electrons. The molecular weight excluding hydrogens is 277 g/mol. The summed E-state index contributed by atoms with van der Waals surface area (Å²) in [5, 5.41) is 3.42. The summed E-state index contributed by atoms with van der Waals surface area (Å²) in [6.45, 7) is 3.40. The van der Waals surface area contributed by atoms with Crippen LogP contribution in [-0.4, -0.2) is 30.2 Å². The quantitative estimate of drug-likeness (QED) is 0.590. The van der Waals surface area contributed by atoms with Crippen molar-refractivity contribution < 1.29 is 4.74 Å². The zero-order valence-corrected chi connectivity index (χ0v) is 10.2. The lowest BCUT2D eigenvalue weighted by atomic mass is 9.74. The number of hydrogen-bond donors (Lipinski definition) is 1. The summed E-state index contributed by atoms with van der Waals surface area (Å²) in [7, 11) is 0. The van der Waals surface area contributed by atoms with E-state index in [1.807, 2.05) is 0 Å². The average Bonchev–Trinajstić information content (AvgIpc) is 2.20. The van der Waals surface area contributed by atoms with Crippen molar-refractivity contribution in [1.82, 2.24) is 5.32 Å². The number of alkyl halides is 1. The van der Waals surface area contributed by atoms with E-state index < -0.39 is 0 Å². The van der Waals surface area contributed by atoms with Crippen molar-refractivity contribution >= 4 is 22.6 Å². The molecule has 0 aromatic carbocycles. The van der Waals surface area contributed by atoms with Gasteiger partial charge in [0.15, 0.2) is 0 Å². The number of halogens is 1. The smallest absolute Gasteiger partial charge is 0.0664 e. The van der Waals surface area contributed by atoms with Crippen molar-refractivity contribution in [3.05, 3.63) is 0 Å². The van der Waals surface area contributed by atoms with Crippen LogP contribution in [0, 0.1) is 5.41 Å². The zero-order chi connectivity index (χ0) is 9.15. The Morgan fingerprint density at radius 2 is 2.08 bits per heavy atom. The molecule has 3 heteroatoms. The normalized spacial score (nSPS) is 33.5. The van der Waals surface area contributed by atoms with Gasteiger partial charge in [-0.05, 0) is 44.2 Å². The molecule has 1 atom stereocenters. The lowest BCUT2D eigenvalue weighted by molar-refractivity contribution is -0.0634. The van der Waals surface area contributed by atoms with Crippen LogP contribution in [0.5, 0.6) is 0 Å². The first-order valence-corrected chi connectivity index (χ1v) is 6.76. The second-order valence-electron chi connectivity index (χ2n) is 4.38. The maximum absolute atomic E-state index is 5.89. The third kappa shape index (κ3) is 2.36. The zero-order valence-electron chi connectivity index (χ0n) is 8.02. The monoisotopic (exact) mass is 295 g/mol. The lowest BCUT2D eigenvalue weighted by Crippen LogP contribution is -2.44. The Bertz CT molecular complexity index is 158. The molecule has 2 aliphatic heterocycles. The van der Waals surface area contributed by atoms with Crippen molar-refractivity contribution in [3.8, 4) is 0 Å². The van der Waals surface area contributed by atoms with Crippen molar-refractivity contribution in [2.75, 3.05) is 24.1 Å². The van der Waals surface area contributed by atoms with E-state index in [2.05, 4.69) is 27.9 Å². The van der Waals surface area contributed by atoms with Crippen molar-refractivity contribution in [2.24, 2.45) is 5.41 Å². The molecule has 0 amide bonds. The Balaban J connectivity index is 1.87. The summed E-state index contributed by atoms with van der Waals surface area (Å²) < 4.78 is 7.04. The van der Waals surface area contributed by atoms with Gasteiger partial charge in [0, 0.05) is 4.43 Å². The Hall–Kier alpha value is 0.650. The Morgan fingerprint density at radius 3 is 2.62 bits per heavy atom. The number of hydrogen-bond acceptors (Lipinski definition) is 2. The SMILES string of the molecule is ICC1CCC2(CCNCC2)CO1. The molecule has 2 heterocycles. The highest BCUT2D eigenvalue weighted by atomic mass is 127. The fraction of sp³-hybridized carbons (Fsp3) is 1.00. The molecule has 0 aromatic rings. The van der Waals surface area contributed by atoms with E-state index in [1.54, 1.807) is 0 Å². The molecule has 1 spiro atoms. The molecule has 2 nitrogen and oxygen atoms in total. The maximum Gasteiger partial charge on any atom is 0.0664 e. The van der Waals surface area contributed by atoms with Crippen LogP contribution in [0.4, 0.5) is 0 Å². The van der Waals surface area contributed by atoms with Crippen LogP contribution >= 0.6 is 22.6 Å². The van der Waals surface area contributed by atoms with Gasteiger partial charge in [-0.1, -0.05) is 22.6 Å². The molecule has 0 saturated carbocycles. The minimum Gasteiger partial charge on any atom is -0.377 e. The lowest BCUT2D eigenvalue weighted by Gasteiger charge is -2.42. The summed E-state index contributed by atoms with van der Waals surface area (Å²) in [4.78, 5) is 0. The second kappa shape index (κ2) is 4.45. The summed E-state index contributed by atoms with van der Waals surface area (Å²) >= 11 is 2.43. The fourth-order valence-electron chi connectivity index (χ4n) is 2.39. The van der Waals surface area contributed by atoms with Gasteiger partial charge in [0.25, 0.3) is 0 Å².